The quantitative estimate of drug-likeness (QED) is 0.651. The topological polar surface area (TPSA) is 45.2 Å². The lowest BCUT2D eigenvalue weighted by atomic mass is 10.2. The molecular formula is C20H26BrN3OS. The fourth-order valence-electron chi connectivity index (χ4n) is 3.26. The van der Waals surface area contributed by atoms with Gasteiger partial charge in [0.25, 0.3) is 0 Å². The van der Waals surface area contributed by atoms with Gasteiger partial charge in [0.15, 0.2) is 0 Å². The number of benzene rings is 1. The van der Waals surface area contributed by atoms with Gasteiger partial charge < -0.3 is 10.2 Å². The predicted molar refractivity (Wildman–Crippen MR) is 111 cm³/mol. The Hall–Kier alpha value is -1.24. The summed E-state index contributed by atoms with van der Waals surface area (Å²) in [5, 5.41) is 5.97. The summed E-state index contributed by atoms with van der Waals surface area (Å²) < 4.78 is 1.04. The molecule has 1 aromatic carbocycles. The van der Waals surface area contributed by atoms with Crippen LogP contribution in [0.3, 0.4) is 0 Å². The van der Waals surface area contributed by atoms with E-state index in [1.54, 1.807) is 11.3 Å². The number of nitrogens with zero attached hydrogens (tertiary/aromatic N) is 2. The highest BCUT2D eigenvalue weighted by Gasteiger charge is 2.11. The van der Waals surface area contributed by atoms with Gasteiger partial charge in [-0.25, -0.2) is 4.98 Å². The molecule has 0 aliphatic carbocycles. The molecular weight excluding hydrogens is 410 g/mol. The lowest BCUT2D eigenvalue weighted by Gasteiger charge is -2.19. The van der Waals surface area contributed by atoms with Gasteiger partial charge in [0.05, 0.1) is 12.1 Å². The van der Waals surface area contributed by atoms with Crippen molar-refractivity contribution in [1.29, 1.82) is 0 Å². The molecule has 2 aromatic rings. The maximum atomic E-state index is 12.2. The Morgan fingerprint density at radius 3 is 2.81 bits per heavy atom. The third kappa shape index (κ3) is 6.18. The number of hydrogen-bond acceptors (Lipinski definition) is 4. The lowest BCUT2D eigenvalue weighted by molar-refractivity contribution is -0.120. The summed E-state index contributed by atoms with van der Waals surface area (Å²) in [5.74, 6) is 0.0620. The van der Waals surface area contributed by atoms with E-state index >= 15 is 0 Å². The molecule has 1 fully saturated rings. The van der Waals surface area contributed by atoms with Gasteiger partial charge in [0, 0.05) is 22.0 Å². The summed E-state index contributed by atoms with van der Waals surface area (Å²) in [6, 6.07) is 8.08. The molecule has 1 aliphatic heterocycles. The largest absolute Gasteiger partial charge is 0.356 e. The van der Waals surface area contributed by atoms with Gasteiger partial charge in [-0.2, -0.15) is 0 Å². The van der Waals surface area contributed by atoms with Gasteiger partial charge in [-0.1, -0.05) is 40.9 Å². The smallest absolute Gasteiger partial charge is 0.226 e. The molecule has 1 aliphatic rings. The first-order valence-corrected chi connectivity index (χ1v) is 11.1. The highest BCUT2D eigenvalue weighted by Crippen LogP contribution is 2.26. The van der Waals surface area contributed by atoms with Crippen LogP contribution in [0.25, 0.3) is 10.6 Å². The van der Waals surface area contributed by atoms with Crippen LogP contribution in [0.2, 0.25) is 0 Å². The Kier molecular flexibility index (Phi) is 7.65. The van der Waals surface area contributed by atoms with E-state index in [0.717, 1.165) is 40.2 Å². The van der Waals surface area contributed by atoms with E-state index in [2.05, 4.69) is 31.1 Å². The van der Waals surface area contributed by atoms with Crippen LogP contribution in [0.4, 0.5) is 0 Å². The minimum Gasteiger partial charge on any atom is -0.356 e. The Bertz CT molecular complexity index is 711. The van der Waals surface area contributed by atoms with Crippen LogP contribution in [-0.4, -0.2) is 42.0 Å². The first-order valence-electron chi connectivity index (χ1n) is 9.40. The standard InChI is InChI=1S/C20H26BrN3OS/c21-17-8-5-7-16(13-17)20-23-18(15-26-20)14-19(25)22-9-6-12-24-10-3-1-2-4-11-24/h5,7-8,13,15H,1-4,6,9-12,14H2,(H,22,25). The van der Waals surface area contributed by atoms with Crippen LogP contribution in [0, 0.1) is 0 Å². The van der Waals surface area contributed by atoms with E-state index in [4.69, 9.17) is 0 Å². The zero-order valence-corrected chi connectivity index (χ0v) is 17.4. The number of amides is 1. The van der Waals surface area contributed by atoms with E-state index < -0.39 is 0 Å². The maximum absolute atomic E-state index is 12.2. The fourth-order valence-corrected chi connectivity index (χ4v) is 4.48. The van der Waals surface area contributed by atoms with Gasteiger partial charge in [-0.3, -0.25) is 4.79 Å². The van der Waals surface area contributed by atoms with Crippen LogP contribution in [0.15, 0.2) is 34.1 Å². The average Bonchev–Trinajstić information content (AvgIpc) is 2.93. The molecule has 0 saturated carbocycles. The van der Waals surface area contributed by atoms with Crippen LogP contribution >= 0.6 is 27.3 Å². The number of thiazole rings is 1. The molecule has 0 bridgehead atoms. The third-order valence-electron chi connectivity index (χ3n) is 4.64. The highest BCUT2D eigenvalue weighted by atomic mass is 79.9. The second kappa shape index (κ2) is 10.2. The molecule has 6 heteroatoms. The summed E-state index contributed by atoms with van der Waals surface area (Å²) >= 11 is 5.07. The van der Waals surface area contributed by atoms with Gasteiger partial charge in [-0.15, -0.1) is 11.3 Å². The number of carbonyl (C=O) groups is 1. The second-order valence-electron chi connectivity index (χ2n) is 6.79. The van der Waals surface area contributed by atoms with E-state index in [1.807, 2.05) is 29.6 Å². The molecule has 0 atom stereocenters. The highest BCUT2D eigenvalue weighted by molar-refractivity contribution is 9.10. The fraction of sp³-hybridized carbons (Fsp3) is 0.500. The lowest BCUT2D eigenvalue weighted by Crippen LogP contribution is -2.31. The van der Waals surface area contributed by atoms with Crippen molar-refractivity contribution in [3.63, 3.8) is 0 Å². The monoisotopic (exact) mass is 435 g/mol. The molecule has 4 nitrogen and oxygen atoms in total. The van der Waals surface area contributed by atoms with Crippen molar-refractivity contribution in [3.8, 4) is 10.6 Å². The molecule has 2 heterocycles. The molecule has 26 heavy (non-hydrogen) atoms. The van der Waals surface area contributed by atoms with Gasteiger partial charge in [0.1, 0.15) is 5.01 Å². The minimum atomic E-state index is 0.0620. The Balaban J connectivity index is 1.39. The van der Waals surface area contributed by atoms with Gasteiger partial charge in [0.2, 0.25) is 5.91 Å². The maximum Gasteiger partial charge on any atom is 0.226 e. The van der Waals surface area contributed by atoms with E-state index in [9.17, 15) is 4.79 Å². The van der Waals surface area contributed by atoms with Gasteiger partial charge in [-0.05, 0) is 51.0 Å². The zero-order chi connectivity index (χ0) is 18.2. The van der Waals surface area contributed by atoms with Crippen molar-refractivity contribution in [2.75, 3.05) is 26.2 Å². The Morgan fingerprint density at radius 1 is 1.23 bits per heavy atom. The van der Waals surface area contributed by atoms with Crippen LogP contribution in [0.1, 0.15) is 37.8 Å². The third-order valence-corrected chi connectivity index (χ3v) is 6.07. The summed E-state index contributed by atoms with van der Waals surface area (Å²) in [4.78, 5) is 19.3. The van der Waals surface area contributed by atoms with Crippen molar-refractivity contribution >= 4 is 33.2 Å². The molecule has 1 amide bonds. The molecule has 0 spiro atoms. The summed E-state index contributed by atoms with van der Waals surface area (Å²) in [5.41, 5.74) is 1.92. The number of nitrogens with one attached hydrogen (secondary N) is 1. The van der Waals surface area contributed by atoms with E-state index in [1.165, 1.54) is 38.8 Å². The molecule has 140 valence electrons. The second-order valence-corrected chi connectivity index (χ2v) is 8.56. The predicted octanol–water partition coefficient (Wildman–Crippen LogP) is 4.50. The molecule has 3 rings (SSSR count). The normalized spacial score (nSPS) is 15.6. The summed E-state index contributed by atoms with van der Waals surface area (Å²) in [6.07, 6.45) is 6.74. The molecule has 0 unspecified atom stereocenters. The number of rotatable bonds is 7. The van der Waals surface area contributed by atoms with E-state index in [-0.39, 0.29) is 5.91 Å². The number of carbonyl (C=O) groups excluding carboxylic acids is 1. The van der Waals surface area contributed by atoms with Crippen molar-refractivity contribution < 1.29 is 4.79 Å². The van der Waals surface area contributed by atoms with Crippen molar-refractivity contribution in [3.05, 3.63) is 39.8 Å². The minimum absolute atomic E-state index is 0.0620. The average molecular weight is 436 g/mol. The first-order chi connectivity index (χ1) is 12.7. The molecule has 1 saturated heterocycles. The zero-order valence-electron chi connectivity index (χ0n) is 15.0. The van der Waals surface area contributed by atoms with Gasteiger partial charge >= 0.3 is 0 Å². The van der Waals surface area contributed by atoms with Crippen LogP contribution in [0.5, 0.6) is 0 Å². The van der Waals surface area contributed by atoms with Crippen LogP contribution < -0.4 is 5.32 Å². The Labute approximate surface area is 168 Å². The summed E-state index contributed by atoms with van der Waals surface area (Å²) in [6.45, 7) is 4.26. The molecule has 1 N–H and O–H groups in total. The summed E-state index contributed by atoms with van der Waals surface area (Å²) in [7, 11) is 0. The molecule has 1 aromatic heterocycles. The first kappa shape index (κ1) is 19.5. The Morgan fingerprint density at radius 2 is 2.04 bits per heavy atom. The number of aromatic nitrogens is 1. The SMILES string of the molecule is O=C(Cc1csc(-c2cccc(Br)c2)n1)NCCCN1CCCCCC1. The van der Waals surface area contributed by atoms with Crippen molar-refractivity contribution in [2.45, 2.75) is 38.5 Å². The number of hydrogen-bond donors (Lipinski definition) is 1. The van der Waals surface area contributed by atoms with Crippen LogP contribution in [-0.2, 0) is 11.2 Å². The van der Waals surface area contributed by atoms with E-state index in [0.29, 0.717) is 6.42 Å². The number of halogens is 1. The van der Waals surface area contributed by atoms with Crippen molar-refractivity contribution in [2.24, 2.45) is 0 Å². The number of likely N-dealkylation sites (tertiary alicyclic amines) is 1. The molecule has 0 radical (unpaired) electrons. The van der Waals surface area contributed by atoms with Crippen molar-refractivity contribution in [1.82, 2.24) is 15.2 Å².